The van der Waals surface area contributed by atoms with Gasteiger partial charge in [-0.15, -0.1) is 24.8 Å². The third-order valence-corrected chi connectivity index (χ3v) is 5.45. The zero-order chi connectivity index (χ0) is 16.5. The van der Waals surface area contributed by atoms with E-state index in [1.807, 2.05) is 0 Å². The fraction of sp³-hybridized carbons (Fsp3) is 0.333. The van der Waals surface area contributed by atoms with Gasteiger partial charge in [-0.25, -0.2) is 15.1 Å². The van der Waals surface area contributed by atoms with Crippen molar-refractivity contribution in [3.05, 3.63) is 78.0 Å². The Hall–Kier alpha value is -1.36. The van der Waals surface area contributed by atoms with Gasteiger partial charge >= 0.3 is 0 Å². The van der Waals surface area contributed by atoms with Crippen LogP contribution in [-0.2, 0) is 6.42 Å². The molecule has 0 radical (unpaired) electrons. The molecule has 1 unspecified atom stereocenters. The van der Waals surface area contributed by atoms with Gasteiger partial charge in [0.05, 0.1) is 19.2 Å². The van der Waals surface area contributed by atoms with Gasteiger partial charge in [-0.1, -0.05) is 48.0 Å². The topological polar surface area (TPSA) is 24.1 Å². The average Bonchev–Trinajstić information content (AvgIpc) is 3.27. The SMILES string of the molecule is Cc1ccc([N+]2(C3(Cc4ccccc4)NCCN3)C=CCC2)cc1.Cl.Cl. The lowest BCUT2D eigenvalue weighted by Crippen LogP contribution is -2.73. The van der Waals surface area contributed by atoms with Crippen LogP contribution >= 0.6 is 24.8 Å². The standard InChI is InChI=1S/C21H26N3.2ClH/c1-18-9-11-20(12-10-18)24(15-5-6-16-24)21(22-13-14-23-21)17-19-7-3-2-4-8-19;;/h2-5,7-12,15,22-23H,6,13-14,16-17H2,1H3;2*1H/q+1;;. The molecule has 0 amide bonds. The summed E-state index contributed by atoms with van der Waals surface area (Å²) in [6.45, 7) is 5.26. The summed E-state index contributed by atoms with van der Waals surface area (Å²) in [7, 11) is 0. The molecular weight excluding hydrogens is 365 g/mol. The van der Waals surface area contributed by atoms with Crippen LogP contribution in [0.2, 0.25) is 0 Å². The molecule has 0 saturated carbocycles. The normalized spacial score (nSPS) is 23.3. The average molecular weight is 393 g/mol. The van der Waals surface area contributed by atoms with Crippen LogP contribution in [0.1, 0.15) is 17.5 Å². The molecule has 26 heavy (non-hydrogen) atoms. The Morgan fingerprint density at radius 2 is 1.58 bits per heavy atom. The van der Waals surface area contributed by atoms with Crippen LogP contribution in [0.5, 0.6) is 0 Å². The fourth-order valence-corrected chi connectivity index (χ4v) is 4.21. The number of halogens is 2. The van der Waals surface area contributed by atoms with Gasteiger partial charge in [-0.2, -0.15) is 0 Å². The number of aryl methyl sites for hydroxylation is 1. The molecule has 5 heteroatoms. The Morgan fingerprint density at radius 1 is 0.923 bits per heavy atom. The van der Waals surface area contributed by atoms with Gasteiger partial charge in [0.15, 0.2) is 0 Å². The second-order valence-corrected chi connectivity index (χ2v) is 6.98. The van der Waals surface area contributed by atoms with E-state index in [1.54, 1.807) is 0 Å². The Balaban J connectivity index is 0.00000121. The van der Waals surface area contributed by atoms with Crippen molar-refractivity contribution < 1.29 is 0 Å². The Morgan fingerprint density at radius 3 is 2.15 bits per heavy atom. The molecule has 1 atom stereocenters. The molecule has 140 valence electrons. The Kier molecular flexibility index (Phi) is 6.89. The smallest absolute Gasteiger partial charge is 0.223 e. The number of nitrogens with one attached hydrogen (secondary N) is 2. The van der Waals surface area contributed by atoms with E-state index in [2.05, 4.69) is 84.4 Å². The summed E-state index contributed by atoms with van der Waals surface area (Å²) in [5.74, 6) is -0.177. The number of nitrogens with zero attached hydrogens (tertiary/aromatic N) is 1. The number of hydrogen-bond acceptors (Lipinski definition) is 2. The van der Waals surface area contributed by atoms with Gasteiger partial charge in [0.1, 0.15) is 5.69 Å². The van der Waals surface area contributed by atoms with Crippen LogP contribution in [0.25, 0.3) is 0 Å². The molecule has 3 nitrogen and oxygen atoms in total. The molecular formula is C21H28Cl2N3+. The third kappa shape index (κ3) is 3.55. The summed E-state index contributed by atoms with van der Waals surface area (Å²) in [6.07, 6.45) is 6.80. The van der Waals surface area contributed by atoms with E-state index in [9.17, 15) is 0 Å². The monoisotopic (exact) mass is 392 g/mol. The van der Waals surface area contributed by atoms with Crippen LogP contribution in [0.15, 0.2) is 66.9 Å². The lowest BCUT2D eigenvalue weighted by Gasteiger charge is -2.47. The highest BCUT2D eigenvalue weighted by atomic mass is 35.5. The summed E-state index contributed by atoms with van der Waals surface area (Å²) in [4.78, 5) is 0. The molecule has 2 aromatic rings. The molecule has 2 aliphatic rings. The molecule has 1 saturated heterocycles. The summed E-state index contributed by atoms with van der Waals surface area (Å²) in [5.41, 5.74) is 4.03. The van der Waals surface area contributed by atoms with Crippen molar-refractivity contribution in [1.82, 2.24) is 15.1 Å². The van der Waals surface area contributed by atoms with Crippen molar-refractivity contribution in [2.45, 2.75) is 25.6 Å². The summed E-state index contributed by atoms with van der Waals surface area (Å²) < 4.78 is 0.835. The predicted molar refractivity (Wildman–Crippen MR) is 115 cm³/mol. The molecule has 0 aromatic heterocycles. The van der Waals surface area contributed by atoms with E-state index in [1.165, 1.54) is 16.8 Å². The van der Waals surface area contributed by atoms with Gasteiger partial charge in [-0.05, 0) is 30.7 Å². The quantitative estimate of drug-likeness (QED) is 0.763. The fourth-order valence-electron chi connectivity index (χ4n) is 4.21. The van der Waals surface area contributed by atoms with Crippen LogP contribution in [-0.4, -0.2) is 25.4 Å². The highest BCUT2D eigenvalue weighted by Gasteiger charge is 2.54. The maximum atomic E-state index is 3.82. The molecule has 2 heterocycles. The molecule has 2 aliphatic heterocycles. The summed E-state index contributed by atoms with van der Waals surface area (Å²) >= 11 is 0. The van der Waals surface area contributed by atoms with Crippen LogP contribution < -0.4 is 15.1 Å². The van der Waals surface area contributed by atoms with Gasteiger partial charge in [0.25, 0.3) is 0 Å². The minimum atomic E-state index is -0.177. The van der Waals surface area contributed by atoms with Crippen LogP contribution in [0, 0.1) is 6.92 Å². The minimum Gasteiger partial charge on any atom is -0.249 e. The lowest BCUT2D eigenvalue weighted by atomic mass is 10.0. The highest BCUT2D eigenvalue weighted by Crippen LogP contribution is 2.38. The van der Waals surface area contributed by atoms with Crippen LogP contribution in [0.4, 0.5) is 5.69 Å². The Bertz CT molecular complexity index is 725. The van der Waals surface area contributed by atoms with Crippen LogP contribution in [0.3, 0.4) is 0 Å². The first kappa shape index (κ1) is 20.9. The first-order valence-electron chi connectivity index (χ1n) is 8.91. The van der Waals surface area contributed by atoms with E-state index in [0.29, 0.717) is 0 Å². The largest absolute Gasteiger partial charge is 0.249 e. The second kappa shape index (κ2) is 8.55. The number of quaternary nitrogens is 1. The van der Waals surface area contributed by atoms with Gasteiger partial charge in [-0.3, -0.25) is 0 Å². The lowest BCUT2D eigenvalue weighted by molar-refractivity contribution is 0.114. The number of hydrogen-bond donors (Lipinski definition) is 2. The number of benzene rings is 2. The predicted octanol–water partition coefficient (Wildman–Crippen LogP) is 4.15. The van der Waals surface area contributed by atoms with Crippen molar-refractivity contribution >= 4 is 30.5 Å². The molecule has 2 aromatic carbocycles. The van der Waals surface area contributed by atoms with Crippen molar-refractivity contribution in [3.63, 3.8) is 0 Å². The van der Waals surface area contributed by atoms with Gasteiger partial charge < -0.3 is 0 Å². The van der Waals surface area contributed by atoms with Gasteiger partial charge in [0.2, 0.25) is 5.79 Å². The number of rotatable bonds is 4. The maximum Gasteiger partial charge on any atom is 0.223 e. The first-order valence-corrected chi connectivity index (χ1v) is 8.91. The van der Waals surface area contributed by atoms with E-state index < -0.39 is 0 Å². The third-order valence-electron chi connectivity index (χ3n) is 5.45. The highest BCUT2D eigenvalue weighted by molar-refractivity contribution is 5.85. The molecule has 0 bridgehead atoms. The van der Waals surface area contributed by atoms with E-state index >= 15 is 0 Å². The summed E-state index contributed by atoms with van der Waals surface area (Å²) in [6, 6.07) is 19.9. The maximum absolute atomic E-state index is 3.82. The van der Waals surface area contributed by atoms with E-state index in [4.69, 9.17) is 0 Å². The zero-order valence-electron chi connectivity index (χ0n) is 15.2. The van der Waals surface area contributed by atoms with Crippen molar-refractivity contribution in [2.24, 2.45) is 0 Å². The van der Waals surface area contributed by atoms with Crippen molar-refractivity contribution in [3.8, 4) is 0 Å². The molecule has 0 spiro atoms. The van der Waals surface area contributed by atoms with Crippen molar-refractivity contribution in [1.29, 1.82) is 0 Å². The Labute approximate surface area is 168 Å². The van der Waals surface area contributed by atoms with E-state index in [-0.39, 0.29) is 30.6 Å². The first-order chi connectivity index (χ1) is 11.7. The molecule has 4 rings (SSSR count). The van der Waals surface area contributed by atoms with Gasteiger partial charge in [0, 0.05) is 19.5 Å². The summed E-state index contributed by atoms with van der Waals surface area (Å²) in [5, 5.41) is 7.65. The second-order valence-electron chi connectivity index (χ2n) is 6.98. The molecule has 0 aliphatic carbocycles. The zero-order valence-corrected chi connectivity index (χ0v) is 16.8. The minimum absolute atomic E-state index is 0. The molecule has 1 fully saturated rings. The van der Waals surface area contributed by atoms with E-state index in [0.717, 1.165) is 37.0 Å². The van der Waals surface area contributed by atoms with Crippen molar-refractivity contribution in [2.75, 3.05) is 19.6 Å². The molecule has 2 N–H and O–H groups in total.